The van der Waals surface area contributed by atoms with Crippen LogP contribution < -0.4 is 5.73 Å². The van der Waals surface area contributed by atoms with Crippen molar-refractivity contribution in [3.63, 3.8) is 0 Å². The average Bonchev–Trinajstić information content (AvgIpc) is 2.64. The highest BCUT2D eigenvalue weighted by Gasteiger charge is 2.32. The van der Waals surface area contributed by atoms with Gasteiger partial charge < -0.3 is 5.73 Å². The van der Waals surface area contributed by atoms with Crippen molar-refractivity contribution in [1.29, 1.82) is 0 Å². The molecular formula is C15H24N2. The highest BCUT2D eigenvalue weighted by atomic mass is 15.2. The minimum absolute atomic E-state index is 0.294. The Kier molecular flexibility index (Phi) is 3.85. The number of nitrogens with two attached hydrogens (primary N) is 1. The molecule has 2 heteroatoms. The molecule has 2 nitrogen and oxygen atoms in total. The summed E-state index contributed by atoms with van der Waals surface area (Å²) < 4.78 is 0. The minimum atomic E-state index is 0.294. The summed E-state index contributed by atoms with van der Waals surface area (Å²) in [6.45, 7) is 8.90. The van der Waals surface area contributed by atoms with Crippen LogP contribution in [0.4, 0.5) is 0 Å². The van der Waals surface area contributed by atoms with Crippen LogP contribution in [0.2, 0.25) is 0 Å². The van der Waals surface area contributed by atoms with Crippen LogP contribution in [-0.2, 0) is 0 Å². The van der Waals surface area contributed by atoms with Crippen molar-refractivity contribution in [2.75, 3.05) is 13.1 Å². The number of rotatable bonds is 3. The van der Waals surface area contributed by atoms with Gasteiger partial charge in [-0.2, -0.15) is 0 Å². The van der Waals surface area contributed by atoms with Gasteiger partial charge in [-0.25, -0.2) is 0 Å². The van der Waals surface area contributed by atoms with Gasteiger partial charge in [0.2, 0.25) is 0 Å². The quantitative estimate of drug-likeness (QED) is 0.868. The molecule has 1 heterocycles. The first-order chi connectivity index (χ1) is 8.13. The van der Waals surface area contributed by atoms with Crippen LogP contribution in [-0.4, -0.2) is 24.0 Å². The average molecular weight is 232 g/mol. The monoisotopic (exact) mass is 232 g/mol. The molecule has 0 aliphatic carbocycles. The molecule has 0 aromatic heterocycles. The molecule has 0 spiro atoms. The number of nitrogens with zero attached hydrogens (tertiary/aromatic N) is 1. The first-order valence-corrected chi connectivity index (χ1v) is 6.70. The Bertz CT molecular complexity index is 385. The van der Waals surface area contributed by atoms with Crippen molar-refractivity contribution in [3.8, 4) is 0 Å². The fourth-order valence-electron chi connectivity index (χ4n) is 2.93. The lowest BCUT2D eigenvalue weighted by Crippen LogP contribution is -2.32. The van der Waals surface area contributed by atoms with E-state index in [4.69, 9.17) is 5.73 Å². The van der Waals surface area contributed by atoms with Gasteiger partial charge in [0.25, 0.3) is 0 Å². The maximum Gasteiger partial charge on any atom is 0.0502 e. The fraction of sp³-hybridized carbons (Fsp3) is 0.600. The Hall–Kier alpha value is -0.860. The van der Waals surface area contributed by atoms with E-state index in [1.54, 1.807) is 0 Å². The second-order valence-electron chi connectivity index (χ2n) is 5.29. The third-order valence-corrected chi connectivity index (χ3v) is 3.81. The summed E-state index contributed by atoms with van der Waals surface area (Å²) in [5, 5.41) is 0. The summed E-state index contributed by atoms with van der Waals surface area (Å²) in [4.78, 5) is 2.55. The van der Waals surface area contributed by atoms with Crippen molar-refractivity contribution >= 4 is 0 Å². The number of hydrogen-bond donors (Lipinski definition) is 1. The molecule has 1 aromatic carbocycles. The van der Waals surface area contributed by atoms with Crippen molar-refractivity contribution < 1.29 is 0 Å². The maximum atomic E-state index is 6.31. The van der Waals surface area contributed by atoms with Gasteiger partial charge in [-0.3, -0.25) is 4.90 Å². The molecule has 0 bridgehead atoms. The molecule has 2 rings (SSSR count). The van der Waals surface area contributed by atoms with E-state index >= 15 is 0 Å². The highest BCUT2D eigenvalue weighted by molar-refractivity contribution is 5.34. The van der Waals surface area contributed by atoms with Crippen LogP contribution in [0.5, 0.6) is 0 Å². The molecule has 0 amide bonds. The van der Waals surface area contributed by atoms with E-state index in [1.807, 2.05) is 0 Å². The summed E-state index contributed by atoms with van der Waals surface area (Å²) in [5.74, 6) is 0. The predicted molar refractivity (Wildman–Crippen MR) is 73.1 cm³/mol. The van der Waals surface area contributed by atoms with Gasteiger partial charge in [0, 0.05) is 12.6 Å². The van der Waals surface area contributed by atoms with E-state index in [-0.39, 0.29) is 0 Å². The van der Waals surface area contributed by atoms with Crippen LogP contribution in [0.15, 0.2) is 18.2 Å². The Labute approximate surface area is 105 Å². The van der Waals surface area contributed by atoms with Crippen LogP contribution in [0, 0.1) is 13.8 Å². The van der Waals surface area contributed by atoms with Gasteiger partial charge in [0.1, 0.15) is 0 Å². The second-order valence-corrected chi connectivity index (χ2v) is 5.29. The van der Waals surface area contributed by atoms with Gasteiger partial charge in [-0.1, -0.05) is 30.7 Å². The predicted octanol–water partition coefficient (Wildman–Crippen LogP) is 2.79. The molecule has 1 aliphatic rings. The molecule has 1 saturated heterocycles. The van der Waals surface area contributed by atoms with Crippen molar-refractivity contribution in [2.45, 2.75) is 45.7 Å². The van der Waals surface area contributed by atoms with Crippen LogP contribution in [0.3, 0.4) is 0 Å². The third-order valence-electron chi connectivity index (χ3n) is 3.81. The summed E-state index contributed by atoms with van der Waals surface area (Å²) in [6.07, 6.45) is 2.33. The molecule has 0 radical (unpaired) electrons. The lowest BCUT2D eigenvalue weighted by Gasteiger charge is -2.28. The minimum Gasteiger partial charge on any atom is -0.326 e. The largest absolute Gasteiger partial charge is 0.326 e. The smallest absolute Gasteiger partial charge is 0.0502 e. The zero-order valence-electron chi connectivity index (χ0n) is 11.2. The normalized spacial score (nSPS) is 25.4. The molecule has 94 valence electrons. The molecule has 2 N–H and O–H groups in total. The zero-order chi connectivity index (χ0) is 12.4. The Balaban J connectivity index is 2.32. The van der Waals surface area contributed by atoms with Gasteiger partial charge >= 0.3 is 0 Å². The molecule has 2 atom stereocenters. The Morgan fingerprint density at radius 1 is 1.35 bits per heavy atom. The standard InChI is InChI=1S/C15H24N2/c1-4-8-17-9-7-14(16)15(17)13-10-11(2)5-6-12(13)3/h5-6,10,14-15H,4,7-9,16H2,1-3H3. The van der Waals surface area contributed by atoms with Gasteiger partial charge in [0.05, 0.1) is 6.04 Å². The SMILES string of the molecule is CCCN1CCC(N)C1c1cc(C)ccc1C. The topological polar surface area (TPSA) is 29.3 Å². The number of benzene rings is 1. The zero-order valence-corrected chi connectivity index (χ0v) is 11.2. The van der Waals surface area contributed by atoms with Crippen LogP contribution in [0.1, 0.15) is 42.5 Å². The van der Waals surface area contributed by atoms with Crippen molar-refractivity contribution in [1.82, 2.24) is 4.90 Å². The first kappa shape index (κ1) is 12.6. The number of aryl methyl sites for hydroxylation is 2. The van der Waals surface area contributed by atoms with Gasteiger partial charge in [0.15, 0.2) is 0 Å². The molecule has 2 unspecified atom stereocenters. The molecule has 1 fully saturated rings. The summed E-state index contributed by atoms with van der Waals surface area (Å²) in [5.41, 5.74) is 10.5. The summed E-state index contributed by atoms with van der Waals surface area (Å²) in [7, 11) is 0. The van der Waals surface area contributed by atoms with Gasteiger partial charge in [-0.15, -0.1) is 0 Å². The van der Waals surface area contributed by atoms with Crippen LogP contribution in [0.25, 0.3) is 0 Å². The Morgan fingerprint density at radius 3 is 2.82 bits per heavy atom. The highest BCUT2D eigenvalue weighted by Crippen LogP contribution is 2.33. The fourth-order valence-corrected chi connectivity index (χ4v) is 2.93. The van der Waals surface area contributed by atoms with E-state index < -0.39 is 0 Å². The maximum absolute atomic E-state index is 6.31. The lowest BCUT2D eigenvalue weighted by atomic mass is 9.94. The third kappa shape index (κ3) is 2.53. The van der Waals surface area contributed by atoms with E-state index in [0.29, 0.717) is 12.1 Å². The molecule has 0 saturated carbocycles. The Morgan fingerprint density at radius 2 is 2.12 bits per heavy atom. The summed E-state index contributed by atoms with van der Waals surface area (Å²) >= 11 is 0. The van der Waals surface area contributed by atoms with E-state index in [2.05, 4.69) is 43.9 Å². The number of likely N-dealkylation sites (tertiary alicyclic amines) is 1. The van der Waals surface area contributed by atoms with Gasteiger partial charge in [-0.05, 0) is 44.4 Å². The molecule has 1 aromatic rings. The van der Waals surface area contributed by atoms with E-state index in [0.717, 1.165) is 19.5 Å². The summed E-state index contributed by atoms with van der Waals surface area (Å²) in [6, 6.07) is 7.44. The first-order valence-electron chi connectivity index (χ1n) is 6.70. The number of hydrogen-bond acceptors (Lipinski definition) is 2. The van der Waals surface area contributed by atoms with E-state index in [9.17, 15) is 0 Å². The molecular weight excluding hydrogens is 208 g/mol. The molecule has 17 heavy (non-hydrogen) atoms. The van der Waals surface area contributed by atoms with E-state index in [1.165, 1.54) is 23.1 Å². The van der Waals surface area contributed by atoms with Crippen molar-refractivity contribution in [3.05, 3.63) is 34.9 Å². The van der Waals surface area contributed by atoms with Crippen LogP contribution >= 0.6 is 0 Å². The van der Waals surface area contributed by atoms with Crippen molar-refractivity contribution in [2.24, 2.45) is 5.73 Å². The second kappa shape index (κ2) is 5.19. The molecule has 1 aliphatic heterocycles. The lowest BCUT2D eigenvalue weighted by molar-refractivity contribution is 0.247.